The van der Waals surface area contributed by atoms with Gasteiger partial charge in [-0.2, -0.15) is 4.98 Å². The van der Waals surface area contributed by atoms with Gasteiger partial charge in [0, 0.05) is 18.7 Å². The molecule has 12 nitrogen and oxygen atoms in total. The van der Waals surface area contributed by atoms with E-state index in [4.69, 9.17) is 10.1 Å². The van der Waals surface area contributed by atoms with Crippen LogP contribution in [-0.4, -0.2) is 79.8 Å². The summed E-state index contributed by atoms with van der Waals surface area (Å²) in [6.07, 6.45) is -0.262. The molecule has 0 aromatic carbocycles. The van der Waals surface area contributed by atoms with Crippen LogP contribution >= 0.6 is 11.3 Å². The third kappa shape index (κ3) is 5.58. The van der Waals surface area contributed by atoms with Crippen molar-refractivity contribution in [1.29, 1.82) is 0 Å². The maximum absolute atomic E-state index is 11.3. The smallest absolute Gasteiger partial charge is 0.224 e. The van der Waals surface area contributed by atoms with Gasteiger partial charge in [0.2, 0.25) is 16.0 Å². The minimum Gasteiger partial charge on any atom is -0.390 e. The van der Waals surface area contributed by atoms with Crippen molar-refractivity contribution in [1.82, 2.24) is 19.9 Å². The van der Waals surface area contributed by atoms with Crippen molar-refractivity contribution in [3.8, 4) is 10.6 Å². The van der Waals surface area contributed by atoms with Gasteiger partial charge in [0.05, 0.1) is 45.2 Å². The number of fused-ring (bicyclic) bond motifs is 1. The molecule has 196 valence electrons. The monoisotopic (exact) mass is 537 g/mol. The molecule has 0 aliphatic heterocycles. The number of aliphatic hydroxyl groups is 3. The van der Waals surface area contributed by atoms with Gasteiger partial charge in [-0.3, -0.25) is 4.98 Å². The van der Waals surface area contributed by atoms with Crippen LogP contribution in [0.5, 0.6) is 0 Å². The van der Waals surface area contributed by atoms with Crippen molar-refractivity contribution >= 4 is 43.3 Å². The zero-order chi connectivity index (χ0) is 26.4. The first-order chi connectivity index (χ1) is 16.7. The van der Waals surface area contributed by atoms with E-state index in [0.29, 0.717) is 28.5 Å². The second-order valence-electron chi connectivity index (χ2n) is 9.64. The molecule has 1 aliphatic rings. The molecule has 1 saturated carbocycles. The quantitative estimate of drug-likeness (QED) is 0.237. The molecule has 14 heteroatoms. The van der Waals surface area contributed by atoms with Gasteiger partial charge < -0.3 is 26.0 Å². The lowest BCUT2D eigenvalue weighted by atomic mass is 9.88. The maximum Gasteiger partial charge on any atom is 0.224 e. The standard InChI is InChI=1S/C22H31N7O5S2/c1-10-15(20-28-16-11(2)24-6-5-14(16)35-20)19(29-21(26-10)25-7-8-36(23,33)34)27-13-9-12(22(3,4)32)17(30)18(13)31/h5-6,12-13,17-18,30-32H,7-9H2,1-4H3,(H2,23,33,34)(H2,25,26,27,29)/t12-,13+,17+,18-/m0/s1. The van der Waals surface area contributed by atoms with Crippen LogP contribution in [0.3, 0.4) is 0 Å². The molecule has 4 rings (SSSR count). The Morgan fingerprint density at radius 1 is 1.17 bits per heavy atom. The second-order valence-corrected chi connectivity index (χ2v) is 12.4. The summed E-state index contributed by atoms with van der Waals surface area (Å²) in [6, 6.07) is 1.26. The van der Waals surface area contributed by atoms with Crippen LogP contribution in [-0.2, 0) is 10.0 Å². The largest absolute Gasteiger partial charge is 0.390 e. The summed E-state index contributed by atoms with van der Waals surface area (Å²) >= 11 is 1.44. The Morgan fingerprint density at radius 2 is 1.89 bits per heavy atom. The molecule has 0 amide bonds. The van der Waals surface area contributed by atoms with Crippen LogP contribution in [0.1, 0.15) is 31.7 Å². The van der Waals surface area contributed by atoms with E-state index in [1.54, 1.807) is 27.0 Å². The van der Waals surface area contributed by atoms with E-state index in [0.717, 1.165) is 15.9 Å². The van der Waals surface area contributed by atoms with E-state index in [1.807, 2.05) is 13.0 Å². The zero-order valence-corrected chi connectivity index (χ0v) is 22.1. The van der Waals surface area contributed by atoms with Gasteiger partial charge in [-0.25, -0.2) is 23.5 Å². The van der Waals surface area contributed by atoms with Gasteiger partial charge in [0.15, 0.2) is 0 Å². The van der Waals surface area contributed by atoms with Gasteiger partial charge in [0.25, 0.3) is 0 Å². The van der Waals surface area contributed by atoms with E-state index in [1.165, 1.54) is 11.3 Å². The van der Waals surface area contributed by atoms with Crippen molar-refractivity contribution in [3.05, 3.63) is 23.7 Å². The first-order valence-electron chi connectivity index (χ1n) is 11.4. The predicted octanol–water partition coefficient (Wildman–Crippen LogP) is 0.759. The molecule has 0 saturated heterocycles. The third-order valence-electron chi connectivity index (χ3n) is 6.38. The number of aliphatic hydroxyl groups excluding tert-OH is 2. The SMILES string of the molecule is Cc1nc(NCCS(N)(=O)=O)nc(N[C@@H]2C[C@H](C(C)(C)O)[C@@H](O)[C@H]2O)c1-c1nc2c(C)nccc2s1. The summed E-state index contributed by atoms with van der Waals surface area (Å²) in [5.74, 6) is -0.323. The lowest BCUT2D eigenvalue weighted by Gasteiger charge is -2.28. The highest BCUT2D eigenvalue weighted by Gasteiger charge is 2.48. The Kier molecular flexibility index (Phi) is 7.20. The number of hydrogen-bond donors (Lipinski definition) is 6. The first-order valence-corrected chi connectivity index (χ1v) is 14.0. The predicted molar refractivity (Wildman–Crippen MR) is 138 cm³/mol. The number of aromatic nitrogens is 4. The maximum atomic E-state index is 11.3. The van der Waals surface area contributed by atoms with Crippen LogP contribution in [0.2, 0.25) is 0 Å². The fraction of sp³-hybridized carbons (Fsp3) is 0.545. The minimum absolute atomic E-state index is 0.00854. The Balaban J connectivity index is 1.74. The number of nitrogens with zero attached hydrogens (tertiary/aromatic N) is 4. The zero-order valence-electron chi connectivity index (χ0n) is 20.4. The molecular formula is C22H31N7O5S2. The number of sulfonamides is 1. The number of primary sulfonamides is 1. The Labute approximate surface area is 213 Å². The Morgan fingerprint density at radius 3 is 2.50 bits per heavy atom. The summed E-state index contributed by atoms with van der Waals surface area (Å²) in [4.78, 5) is 18.1. The molecule has 3 heterocycles. The Bertz CT molecular complexity index is 1370. The number of aryl methyl sites for hydroxylation is 2. The highest BCUT2D eigenvalue weighted by atomic mass is 32.2. The summed E-state index contributed by atoms with van der Waals surface area (Å²) < 4.78 is 23.6. The number of hydrogen-bond acceptors (Lipinski definition) is 12. The van der Waals surface area contributed by atoms with Crippen LogP contribution in [0.15, 0.2) is 12.3 Å². The van der Waals surface area contributed by atoms with Crippen LogP contribution in [0, 0.1) is 19.8 Å². The molecule has 1 fully saturated rings. The fourth-order valence-electron chi connectivity index (χ4n) is 4.46. The third-order valence-corrected chi connectivity index (χ3v) is 8.19. The molecule has 36 heavy (non-hydrogen) atoms. The molecule has 3 aromatic rings. The summed E-state index contributed by atoms with van der Waals surface area (Å²) in [5, 5.41) is 43.6. The highest BCUT2D eigenvalue weighted by Crippen LogP contribution is 2.40. The molecule has 0 radical (unpaired) electrons. The van der Waals surface area contributed by atoms with Gasteiger partial charge >= 0.3 is 0 Å². The molecule has 1 aliphatic carbocycles. The number of nitrogens with one attached hydrogen (secondary N) is 2. The van der Waals surface area contributed by atoms with Gasteiger partial charge in [0.1, 0.15) is 22.4 Å². The molecule has 0 bridgehead atoms. The Hall–Kier alpha value is -2.49. The van der Waals surface area contributed by atoms with Crippen LogP contribution in [0.25, 0.3) is 20.8 Å². The minimum atomic E-state index is -3.67. The van der Waals surface area contributed by atoms with Crippen molar-refractivity contribution in [2.75, 3.05) is 22.9 Å². The highest BCUT2D eigenvalue weighted by molar-refractivity contribution is 7.89. The molecule has 4 atom stereocenters. The van der Waals surface area contributed by atoms with Crippen molar-refractivity contribution in [2.45, 2.75) is 58.0 Å². The van der Waals surface area contributed by atoms with E-state index >= 15 is 0 Å². The van der Waals surface area contributed by atoms with Gasteiger partial charge in [-0.05, 0) is 40.2 Å². The number of nitrogens with two attached hydrogens (primary N) is 1. The lowest BCUT2D eigenvalue weighted by molar-refractivity contribution is -0.0601. The van der Waals surface area contributed by atoms with Crippen molar-refractivity contribution in [3.63, 3.8) is 0 Å². The summed E-state index contributed by atoms with van der Waals surface area (Å²) in [5.41, 5.74) is 1.53. The van der Waals surface area contributed by atoms with E-state index in [2.05, 4.69) is 25.6 Å². The van der Waals surface area contributed by atoms with Crippen LogP contribution in [0.4, 0.5) is 11.8 Å². The second kappa shape index (κ2) is 9.76. The molecular weight excluding hydrogens is 506 g/mol. The number of rotatable bonds is 8. The number of pyridine rings is 1. The fourth-order valence-corrected chi connectivity index (χ4v) is 5.96. The molecule has 3 aromatic heterocycles. The average Bonchev–Trinajstić information content (AvgIpc) is 3.30. The number of thiazole rings is 1. The van der Waals surface area contributed by atoms with E-state index in [-0.39, 0.29) is 18.2 Å². The summed E-state index contributed by atoms with van der Waals surface area (Å²) in [6.45, 7) is 6.86. The molecule has 0 spiro atoms. The molecule has 7 N–H and O–H groups in total. The normalized spacial score (nSPS) is 22.8. The average molecular weight is 538 g/mol. The van der Waals surface area contributed by atoms with Crippen molar-refractivity contribution in [2.24, 2.45) is 11.1 Å². The lowest BCUT2D eigenvalue weighted by Crippen LogP contribution is -2.40. The van der Waals surface area contributed by atoms with Crippen molar-refractivity contribution < 1.29 is 23.7 Å². The van der Waals surface area contributed by atoms with Gasteiger partial charge in [-0.15, -0.1) is 11.3 Å². The van der Waals surface area contributed by atoms with E-state index in [9.17, 15) is 23.7 Å². The molecule has 0 unspecified atom stereocenters. The number of anilines is 2. The van der Waals surface area contributed by atoms with Crippen LogP contribution < -0.4 is 15.8 Å². The summed E-state index contributed by atoms with van der Waals surface area (Å²) in [7, 11) is -3.67. The topological polar surface area (TPSA) is 196 Å². The first kappa shape index (κ1) is 26.6. The van der Waals surface area contributed by atoms with E-state index < -0.39 is 39.8 Å². The van der Waals surface area contributed by atoms with Gasteiger partial charge in [-0.1, -0.05) is 0 Å².